The predicted octanol–water partition coefficient (Wildman–Crippen LogP) is 3.23. The molecule has 3 rings (SSSR count). The maximum absolute atomic E-state index is 13.1. The van der Waals surface area contributed by atoms with Crippen molar-refractivity contribution >= 4 is 11.8 Å². The van der Waals surface area contributed by atoms with Crippen LogP contribution in [-0.2, 0) is 16.0 Å². The number of halogens is 1. The zero-order valence-corrected chi connectivity index (χ0v) is 13.7. The molecule has 0 aliphatic rings. The topological polar surface area (TPSA) is 82.3 Å². The Morgan fingerprint density at radius 2 is 1.88 bits per heavy atom. The van der Waals surface area contributed by atoms with Gasteiger partial charge in [0.05, 0.1) is 6.42 Å². The van der Waals surface area contributed by atoms with Crippen molar-refractivity contribution < 1.29 is 23.2 Å². The molecule has 0 amide bonds. The minimum atomic E-state index is -0.575. The van der Waals surface area contributed by atoms with Crippen LogP contribution in [0, 0.1) is 5.82 Å². The number of aryl methyl sites for hydroxylation is 1. The summed E-state index contributed by atoms with van der Waals surface area (Å²) in [4.78, 5) is 27.8. The van der Waals surface area contributed by atoms with Crippen LogP contribution in [0.15, 0.2) is 59.1 Å². The summed E-state index contributed by atoms with van der Waals surface area (Å²) in [5.74, 6) is -0.823. The number of ketones is 1. The summed E-state index contributed by atoms with van der Waals surface area (Å²) in [5.41, 5.74) is 0.966. The Bertz CT molecular complexity index is 909. The van der Waals surface area contributed by atoms with Gasteiger partial charge in [0, 0.05) is 17.5 Å². The molecule has 1 heterocycles. The number of aromatic nitrogens is 2. The number of nitrogens with zero attached hydrogens (tertiary/aromatic N) is 2. The van der Waals surface area contributed by atoms with Crippen molar-refractivity contribution in [3.8, 4) is 11.4 Å². The quantitative estimate of drug-likeness (QED) is 0.478. The number of ether oxygens (including phenoxy) is 1. The summed E-state index contributed by atoms with van der Waals surface area (Å²) in [6, 6.07) is 14.5. The van der Waals surface area contributed by atoms with Gasteiger partial charge in [0.2, 0.25) is 11.7 Å². The van der Waals surface area contributed by atoms with Gasteiger partial charge >= 0.3 is 5.97 Å². The summed E-state index contributed by atoms with van der Waals surface area (Å²) in [6.07, 6.45) is 0.194. The van der Waals surface area contributed by atoms with E-state index in [0.29, 0.717) is 11.7 Å². The molecule has 1 aromatic heterocycles. The smallest absolute Gasteiger partial charge is 0.306 e. The molecule has 0 atom stereocenters. The monoisotopic (exact) mass is 354 g/mol. The third kappa shape index (κ3) is 4.60. The fraction of sp³-hybridized carbons (Fsp3) is 0.158. The van der Waals surface area contributed by atoms with Gasteiger partial charge in [-0.1, -0.05) is 47.6 Å². The molecule has 0 bridgehead atoms. The zero-order valence-electron chi connectivity index (χ0n) is 13.7. The highest BCUT2D eigenvalue weighted by molar-refractivity contribution is 5.97. The van der Waals surface area contributed by atoms with Gasteiger partial charge in [-0.05, 0) is 12.1 Å². The highest BCUT2D eigenvalue weighted by atomic mass is 19.1. The Hall–Kier alpha value is -3.35. The first-order valence-electron chi connectivity index (χ1n) is 7.94. The van der Waals surface area contributed by atoms with Crippen LogP contribution >= 0.6 is 0 Å². The second-order valence-corrected chi connectivity index (χ2v) is 5.47. The molecule has 0 aliphatic heterocycles. The lowest BCUT2D eigenvalue weighted by Crippen LogP contribution is -2.14. The Morgan fingerprint density at radius 1 is 1.08 bits per heavy atom. The molecule has 0 fully saturated rings. The SMILES string of the molecule is O=C(CCc1nc(-c2ccccc2)no1)OCC(=O)c1cccc(F)c1. The molecular weight excluding hydrogens is 339 g/mol. The average molecular weight is 354 g/mol. The van der Waals surface area contributed by atoms with E-state index >= 15 is 0 Å². The van der Waals surface area contributed by atoms with Gasteiger partial charge in [-0.15, -0.1) is 0 Å². The number of Topliss-reactive ketones (excluding diaryl/α,β-unsaturated/α-hetero) is 1. The van der Waals surface area contributed by atoms with Gasteiger partial charge in [-0.2, -0.15) is 4.98 Å². The minimum absolute atomic E-state index is 0.00709. The number of hydrogen-bond acceptors (Lipinski definition) is 6. The van der Waals surface area contributed by atoms with E-state index in [1.54, 1.807) is 0 Å². The molecule has 0 spiro atoms. The van der Waals surface area contributed by atoms with Crippen LogP contribution in [0.25, 0.3) is 11.4 Å². The van der Waals surface area contributed by atoms with Crippen molar-refractivity contribution in [3.63, 3.8) is 0 Å². The van der Waals surface area contributed by atoms with Gasteiger partial charge in [0.1, 0.15) is 5.82 Å². The largest absolute Gasteiger partial charge is 0.457 e. The van der Waals surface area contributed by atoms with E-state index < -0.39 is 24.2 Å². The van der Waals surface area contributed by atoms with E-state index in [-0.39, 0.29) is 18.4 Å². The van der Waals surface area contributed by atoms with Gasteiger partial charge in [-0.3, -0.25) is 9.59 Å². The molecule has 6 nitrogen and oxygen atoms in total. The molecule has 0 saturated carbocycles. The molecule has 0 saturated heterocycles. The first-order chi connectivity index (χ1) is 12.6. The molecule has 26 heavy (non-hydrogen) atoms. The summed E-state index contributed by atoms with van der Waals surface area (Å²) in [6.45, 7) is -0.443. The Balaban J connectivity index is 1.47. The summed E-state index contributed by atoms with van der Waals surface area (Å²) < 4.78 is 23.1. The predicted molar refractivity (Wildman–Crippen MR) is 89.7 cm³/mol. The van der Waals surface area contributed by atoms with Crippen LogP contribution in [0.4, 0.5) is 4.39 Å². The summed E-state index contributed by atoms with van der Waals surface area (Å²) in [5, 5.41) is 3.86. The maximum Gasteiger partial charge on any atom is 0.306 e. The van der Waals surface area contributed by atoms with Crippen LogP contribution in [0.1, 0.15) is 22.7 Å². The Kier molecular flexibility index (Phi) is 5.48. The van der Waals surface area contributed by atoms with Crippen molar-refractivity contribution in [2.45, 2.75) is 12.8 Å². The van der Waals surface area contributed by atoms with Crippen molar-refractivity contribution in [2.75, 3.05) is 6.61 Å². The van der Waals surface area contributed by atoms with Gasteiger partial charge in [-0.25, -0.2) is 4.39 Å². The molecule has 0 unspecified atom stereocenters. The summed E-state index contributed by atoms with van der Waals surface area (Å²) >= 11 is 0. The van der Waals surface area contributed by atoms with Crippen molar-refractivity contribution in [2.24, 2.45) is 0 Å². The third-order valence-electron chi connectivity index (χ3n) is 3.55. The normalized spacial score (nSPS) is 10.5. The second kappa shape index (κ2) is 8.15. The molecule has 0 N–H and O–H groups in total. The van der Waals surface area contributed by atoms with E-state index in [1.807, 2.05) is 30.3 Å². The van der Waals surface area contributed by atoms with Crippen molar-refractivity contribution in [1.82, 2.24) is 10.1 Å². The molecular formula is C19H15FN2O4. The highest BCUT2D eigenvalue weighted by Gasteiger charge is 2.13. The number of hydrogen-bond donors (Lipinski definition) is 0. The van der Waals surface area contributed by atoms with Crippen LogP contribution in [-0.4, -0.2) is 28.5 Å². The molecule has 132 valence electrons. The molecule has 3 aromatic rings. The Labute approximate surface area is 148 Å². The van der Waals surface area contributed by atoms with Crippen molar-refractivity contribution in [3.05, 3.63) is 71.9 Å². The zero-order chi connectivity index (χ0) is 18.4. The highest BCUT2D eigenvalue weighted by Crippen LogP contribution is 2.15. The van der Waals surface area contributed by atoms with Crippen LogP contribution in [0.2, 0.25) is 0 Å². The van der Waals surface area contributed by atoms with Gasteiger partial charge in [0.15, 0.2) is 12.4 Å². The Morgan fingerprint density at radius 3 is 2.65 bits per heavy atom. The average Bonchev–Trinajstić information content (AvgIpc) is 3.14. The minimum Gasteiger partial charge on any atom is -0.457 e. The lowest BCUT2D eigenvalue weighted by atomic mass is 10.1. The lowest BCUT2D eigenvalue weighted by molar-refractivity contribution is -0.142. The number of esters is 1. The van der Waals surface area contributed by atoms with E-state index in [9.17, 15) is 14.0 Å². The van der Waals surface area contributed by atoms with E-state index in [4.69, 9.17) is 9.26 Å². The van der Waals surface area contributed by atoms with E-state index in [0.717, 1.165) is 11.6 Å². The van der Waals surface area contributed by atoms with Gasteiger partial charge in [0.25, 0.3) is 0 Å². The second-order valence-electron chi connectivity index (χ2n) is 5.47. The van der Waals surface area contributed by atoms with Crippen LogP contribution in [0.5, 0.6) is 0 Å². The third-order valence-corrected chi connectivity index (χ3v) is 3.55. The maximum atomic E-state index is 13.1. The standard InChI is InChI=1S/C19H15FN2O4/c20-15-8-4-7-14(11-15)16(23)12-25-18(24)10-9-17-21-19(22-26-17)13-5-2-1-3-6-13/h1-8,11H,9-10,12H2. The van der Waals surface area contributed by atoms with Crippen LogP contribution in [0.3, 0.4) is 0 Å². The van der Waals surface area contributed by atoms with Crippen molar-refractivity contribution in [1.29, 1.82) is 0 Å². The fourth-order valence-electron chi connectivity index (χ4n) is 2.23. The van der Waals surface area contributed by atoms with E-state index in [2.05, 4.69) is 10.1 Å². The first-order valence-corrected chi connectivity index (χ1v) is 7.94. The molecule has 0 radical (unpaired) electrons. The fourth-order valence-corrected chi connectivity index (χ4v) is 2.23. The summed E-state index contributed by atoms with van der Waals surface area (Å²) in [7, 11) is 0. The number of carbonyl (C=O) groups is 2. The first kappa shape index (κ1) is 17.5. The molecule has 2 aromatic carbocycles. The number of rotatable bonds is 7. The number of carbonyl (C=O) groups excluding carboxylic acids is 2. The lowest BCUT2D eigenvalue weighted by Gasteiger charge is -2.03. The molecule has 0 aliphatic carbocycles. The van der Waals surface area contributed by atoms with E-state index in [1.165, 1.54) is 18.2 Å². The molecule has 7 heteroatoms. The number of benzene rings is 2. The van der Waals surface area contributed by atoms with Crippen LogP contribution < -0.4 is 0 Å². The van der Waals surface area contributed by atoms with Gasteiger partial charge < -0.3 is 9.26 Å².